The maximum Gasteiger partial charge on any atom is 0.243 e. The molecule has 0 radical (unpaired) electrons. The molecule has 25 heavy (non-hydrogen) atoms. The van der Waals surface area contributed by atoms with Crippen LogP contribution in [0.3, 0.4) is 0 Å². The number of β-amino-alcohol motifs (C(OH)–C–C–N with tert-alkyl or cyclic N) is 1. The number of halogens is 1. The van der Waals surface area contributed by atoms with Gasteiger partial charge in [-0.3, -0.25) is 9.69 Å². The molecule has 2 saturated heterocycles. The van der Waals surface area contributed by atoms with E-state index in [0.29, 0.717) is 25.6 Å². The van der Waals surface area contributed by atoms with Crippen LogP contribution in [0.1, 0.15) is 50.5 Å². The molecule has 1 aromatic rings. The highest BCUT2D eigenvalue weighted by molar-refractivity contribution is 6.30. The van der Waals surface area contributed by atoms with E-state index in [0.717, 1.165) is 36.4 Å². The number of carbonyl (C=O) groups is 1. The summed E-state index contributed by atoms with van der Waals surface area (Å²) in [7, 11) is 0. The third-order valence-electron chi connectivity index (χ3n) is 6.34. The van der Waals surface area contributed by atoms with E-state index in [2.05, 4.69) is 9.80 Å². The van der Waals surface area contributed by atoms with Crippen LogP contribution in [-0.2, 0) is 11.3 Å². The van der Waals surface area contributed by atoms with Gasteiger partial charge in [0.15, 0.2) is 0 Å². The molecule has 1 aliphatic carbocycles. The van der Waals surface area contributed by atoms with Crippen molar-refractivity contribution in [3.05, 3.63) is 34.9 Å². The highest BCUT2D eigenvalue weighted by Gasteiger charge is 2.56. The summed E-state index contributed by atoms with van der Waals surface area (Å²) in [6.07, 6.45) is 7.04. The van der Waals surface area contributed by atoms with Crippen LogP contribution in [0.5, 0.6) is 0 Å². The van der Waals surface area contributed by atoms with Crippen molar-refractivity contribution in [1.82, 2.24) is 9.80 Å². The molecule has 0 aromatic heterocycles. The van der Waals surface area contributed by atoms with E-state index in [9.17, 15) is 9.90 Å². The minimum Gasteiger partial charge on any atom is -0.392 e. The van der Waals surface area contributed by atoms with E-state index >= 15 is 0 Å². The summed E-state index contributed by atoms with van der Waals surface area (Å²) in [5.41, 5.74) is 0.637. The van der Waals surface area contributed by atoms with Crippen LogP contribution in [0.15, 0.2) is 24.3 Å². The lowest BCUT2D eigenvalue weighted by Gasteiger charge is -2.36. The third-order valence-corrected chi connectivity index (χ3v) is 6.59. The van der Waals surface area contributed by atoms with E-state index in [1.165, 1.54) is 19.3 Å². The fourth-order valence-corrected chi connectivity index (χ4v) is 5.17. The number of aliphatic hydroxyl groups is 1. The van der Waals surface area contributed by atoms with Gasteiger partial charge in [-0.2, -0.15) is 0 Å². The second kappa shape index (κ2) is 6.90. The standard InChI is InChI=1S/C20H27ClN2O2/c21-16-8-6-15(7-9-16)13-22-14-18(24)12-20(22)10-11-23(19(20)25)17-4-2-1-3-5-17/h6-9,17-18,24H,1-5,10-14H2/t18-,20?/m0/s1. The first-order chi connectivity index (χ1) is 12.1. The van der Waals surface area contributed by atoms with Crippen LogP contribution in [-0.4, -0.2) is 51.6 Å². The summed E-state index contributed by atoms with van der Waals surface area (Å²) in [6.45, 7) is 2.11. The normalized spacial score (nSPS) is 31.4. The lowest BCUT2D eigenvalue weighted by Crippen LogP contribution is -2.51. The number of benzene rings is 1. The summed E-state index contributed by atoms with van der Waals surface area (Å²) < 4.78 is 0. The van der Waals surface area contributed by atoms with E-state index in [1.54, 1.807) is 0 Å². The Morgan fingerprint density at radius 3 is 2.60 bits per heavy atom. The number of likely N-dealkylation sites (tertiary alicyclic amines) is 2. The van der Waals surface area contributed by atoms with Crippen molar-refractivity contribution in [2.24, 2.45) is 0 Å². The molecular formula is C20H27ClN2O2. The number of hydrogen-bond donors (Lipinski definition) is 1. The van der Waals surface area contributed by atoms with E-state index in [-0.39, 0.29) is 5.91 Å². The van der Waals surface area contributed by atoms with E-state index < -0.39 is 11.6 Å². The lowest BCUT2D eigenvalue weighted by molar-refractivity contribution is -0.139. The molecule has 2 atom stereocenters. The second-order valence-corrected chi connectivity index (χ2v) is 8.37. The van der Waals surface area contributed by atoms with E-state index in [4.69, 9.17) is 11.6 Å². The van der Waals surface area contributed by atoms with Crippen molar-refractivity contribution in [2.45, 2.75) is 69.2 Å². The van der Waals surface area contributed by atoms with Gasteiger partial charge < -0.3 is 10.0 Å². The SMILES string of the molecule is O=C1N(C2CCCCC2)CCC12C[C@H](O)CN2Cc1ccc(Cl)cc1. The Kier molecular flexibility index (Phi) is 4.78. The Morgan fingerprint density at radius 1 is 1.16 bits per heavy atom. The van der Waals surface area contributed by atoms with Gasteiger partial charge in [-0.15, -0.1) is 0 Å². The molecule has 1 aromatic carbocycles. The van der Waals surface area contributed by atoms with Gasteiger partial charge >= 0.3 is 0 Å². The maximum absolute atomic E-state index is 13.4. The fraction of sp³-hybridized carbons (Fsp3) is 0.650. The number of amides is 1. The summed E-state index contributed by atoms with van der Waals surface area (Å²) in [6, 6.07) is 8.22. The van der Waals surface area contributed by atoms with Crippen LogP contribution in [0.25, 0.3) is 0 Å². The lowest BCUT2D eigenvalue weighted by atomic mass is 9.92. The Labute approximate surface area is 154 Å². The van der Waals surface area contributed by atoms with E-state index in [1.807, 2.05) is 24.3 Å². The van der Waals surface area contributed by atoms with Crippen molar-refractivity contribution >= 4 is 17.5 Å². The van der Waals surface area contributed by atoms with Crippen molar-refractivity contribution in [1.29, 1.82) is 0 Å². The van der Waals surface area contributed by atoms with Gasteiger partial charge in [-0.25, -0.2) is 0 Å². The molecule has 3 fully saturated rings. The van der Waals surface area contributed by atoms with Crippen LogP contribution in [0.4, 0.5) is 0 Å². The molecule has 3 aliphatic rings. The quantitative estimate of drug-likeness (QED) is 0.897. The first-order valence-electron chi connectivity index (χ1n) is 9.57. The molecule has 5 heteroatoms. The molecule has 1 saturated carbocycles. The topological polar surface area (TPSA) is 43.8 Å². The summed E-state index contributed by atoms with van der Waals surface area (Å²) >= 11 is 5.99. The minimum absolute atomic E-state index is 0.255. The average molecular weight is 363 g/mol. The molecule has 0 bridgehead atoms. The second-order valence-electron chi connectivity index (χ2n) is 7.94. The van der Waals surface area contributed by atoms with Crippen molar-refractivity contribution in [3.8, 4) is 0 Å². The average Bonchev–Trinajstić information content (AvgIpc) is 3.11. The van der Waals surface area contributed by atoms with Crippen molar-refractivity contribution in [2.75, 3.05) is 13.1 Å². The Hall–Kier alpha value is -1.10. The van der Waals surface area contributed by atoms with Gasteiger partial charge in [0.25, 0.3) is 0 Å². The molecule has 136 valence electrons. The summed E-state index contributed by atoms with van der Waals surface area (Å²) in [5, 5.41) is 11.1. The van der Waals surface area contributed by atoms with Gasteiger partial charge in [0, 0.05) is 37.1 Å². The van der Waals surface area contributed by atoms with Gasteiger partial charge in [0.2, 0.25) is 5.91 Å². The van der Waals surface area contributed by atoms with Gasteiger partial charge in [0.05, 0.1) is 6.10 Å². The number of carbonyl (C=O) groups excluding carboxylic acids is 1. The highest BCUT2D eigenvalue weighted by atomic mass is 35.5. The molecule has 1 unspecified atom stereocenters. The summed E-state index contributed by atoms with van der Waals surface area (Å²) in [4.78, 5) is 17.7. The van der Waals surface area contributed by atoms with Crippen LogP contribution >= 0.6 is 11.6 Å². The predicted molar refractivity (Wildman–Crippen MR) is 98.4 cm³/mol. The molecule has 4 nitrogen and oxygen atoms in total. The largest absolute Gasteiger partial charge is 0.392 e. The smallest absolute Gasteiger partial charge is 0.243 e. The first kappa shape index (κ1) is 17.3. The Balaban J connectivity index is 1.53. The molecule has 4 rings (SSSR count). The van der Waals surface area contributed by atoms with Crippen LogP contribution in [0.2, 0.25) is 5.02 Å². The molecule has 2 heterocycles. The Morgan fingerprint density at radius 2 is 1.88 bits per heavy atom. The minimum atomic E-state index is -0.503. The third kappa shape index (κ3) is 3.20. The predicted octanol–water partition coefficient (Wildman–Crippen LogP) is 3.21. The monoisotopic (exact) mass is 362 g/mol. The summed E-state index contributed by atoms with van der Waals surface area (Å²) in [5.74, 6) is 0.255. The molecule has 1 amide bonds. The Bertz CT molecular complexity index is 629. The number of hydrogen-bond acceptors (Lipinski definition) is 3. The van der Waals surface area contributed by atoms with Gasteiger partial charge in [0.1, 0.15) is 5.54 Å². The van der Waals surface area contributed by atoms with Crippen molar-refractivity contribution < 1.29 is 9.90 Å². The first-order valence-corrected chi connectivity index (χ1v) is 9.95. The molecule has 2 aliphatic heterocycles. The molecule has 1 spiro atoms. The number of rotatable bonds is 3. The molecule has 1 N–H and O–H groups in total. The maximum atomic E-state index is 13.4. The zero-order chi connectivity index (χ0) is 17.4. The highest BCUT2D eigenvalue weighted by Crippen LogP contribution is 2.42. The van der Waals surface area contributed by atoms with Crippen LogP contribution < -0.4 is 0 Å². The van der Waals surface area contributed by atoms with Gasteiger partial charge in [-0.1, -0.05) is 43.0 Å². The zero-order valence-electron chi connectivity index (χ0n) is 14.7. The molecular weight excluding hydrogens is 336 g/mol. The van der Waals surface area contributed by atoms with Crippen molar-refractivity contribution in [3.63, 3.8) is 0 Å². The van der Waals surface area contributed by atoms with Gasteiger partial charge in [-0.05, 0) is 37.0 Å². The number of nitrogens with zero attached hydrogens (tertiary/aromatic N) is 2. The number of aliphatic hydroxyl groups excluding tert-OH is 1. The van der Waals surface area contributed by atoms with Crippen LogP contribution in [0, 0.1) is 0 Å². The zero-order valence-corrected chi connectivity index (χ0v) is 15.4. The fourth-order valence-electron chi connectivity index (χ4n) is 5.04.